The molecule has 1 aromatic carbocycles. The van der Waals surface area contributed by atoms with Gasteiger partial charge < -0.3 is 9.73 Å². The first kappa shape index (κ1) is 12.3. The van der Waals surface area contributed by atoms with Gasteiger partial charge in [0.15, 0.2) is 0 Å². The van der Waals surface area contributed by atoms with Gasteiger partial charge in [0.1, 0.15) is 11.6 Å². The van der Waals surface area contributed by atoms with Crippen molar-refractivity contribution >= 4 is 28.3 Å². The number of rotatable bonds is 3. The molecule has 0 aliphatic carbocycles. The second-order valence-corrected chi connectivity index (χ2v) is 4.89. The molecule has 0 atom stereocenters. The van der Waals surface area contributed by atoms with Crippen LogP contribution in [-0.2, 0) is 6.54 Å². The molecule has 0 fully saturated rings. The van der Waals surface area contributed by atoms with E-state index in [1.165, 1.54) is 12.1 Å². The first-order chi connectivity index (χ1) is 8.06. The third-order valence-corrected chi connectivity index (χ3v) is 3.33. The fraction of sp³-hybridized carbons (Fsp3) is 0.250. The van der Waals surface area contributed by atoms with E-state index in [4.69, 9.17) is 4.42 Å². The molecule has 1 aromatic heterocycles. The zero-order valence-corrected chi connectivity index (χ0v) is 11.7. The molecule has 3 nitrogen and oxygen atoms in total. The van der Waals surface area contributed by atoms with E-state index < -0.39 is 0 Å². The lowest BCUT2D eigenvalue weighted by atomic mass is 10.3. The van der Waals surface area contributed by atoms with Crippen LogP contribution in [0.1, 0.15) is 17.3 Å². The van der Waals surface area contributed by atoms with Crippen LogP contribution >= 0.6 is 22.6 Å². The second-order valence-electron chi connectivity index (χ2n) is 3.73. The van der Waals surface area contributed by atoms with Gasteiger partial charge in [0.05, 0.1) is 12.2 Å². The van der Waals surface area contributed by atoms with Crippen LogP contribution in [0.2, 0.25) is 0 Å². The van der Waals surface area contributed by atoms with Gasteiger partial charge in [0, 0.05) is 9.26 Å². The Bertz CT molecular complexity index is 520. The number of nitrogens with one attached hydrogen (secondary N) is 1. The summed E-state index contributed by atoms with van der Waals surface area (Å²) in [5.41, 5.74) is 1.77. The van der Waals surface area contributed by atoms with E-state index >= 15 is 0 Å². The van der Waals surface area contributed by atoms with Crippen LogP contribution in [0, 0.1) is 23.2 Å². The first-order valence-electron chi connectivity index (χ1n) is 5.18. The summed E-state index contributed by atoms with van der Waals surface area (Å²) in [6.45, 7) is 4.29. The number of aromatic nitrogens is 1. The average molecular weight is 346 g/mol. The minimum Gasteiger partial charge on any atom is -0.444 e. The van der Waals surface area contributed by atoms with Crippen LogP contribution in [0.4, 0.5) is 10.1 Å². The van der Waals surface area contributed by atoms with E-state index in [1.54, 1.807) is 6.07 Å². The highest BCUT2D eigenvalue weighted by atomic mass is 127. The number of hydrogen-bond acceptors (Lipinski definition) is 3. The fourth-order valence-corrected chi connectivity index (χ4v) is 2.09. The molecule has 2 aromatic rings. The number of anilines is 1. The van der Waals surface area contributed by atoms with Crippen molar-refractivity contribution in [2.75, 3.05) is 5.32 Å². The van der Waals surface area contributed by atoms with Gasteiger partial charge in [-0.2, -0.15) is 0 Å². The third kappa shape index (κ3) is 2.96. The monoisotopic (exact) mass is 346 g/mol. The second kappa shape index (κ2) is 5.03. The highest BCUT2D eigenvalue weighted by molar-refractivity contribution is 14.1. The van der Waals surface area contributed by atoms with Crippen molar-refractivity contribution in [2.24, 2.45) is 0 Å². The van der Waals surface area contributed by atoms with E-state index in [0.717, 1.165) is 20.7 Å². The zero-order valence-electron chi connectivity index (χ0n) is 9.55. The lowest BCUT2D eigenvalue weighted by Gasteiger charge is -2.06. The molecular weight excluding hydrogens is 334 g/mol. The molecule has 2 rings (SSSR count). The molecule has 17 heavy (non-hydrogen) atoms. The molecular formula is C12H12FIN2O. The summed E-state index contributed by atoms with van der Waals surface area (Å²) in [5, 5.41) is 3.17. The molecule has 0 bridgehead atoms. The first-order valence-corrected chi connectivity index (χ1v) is 6.26. The maximum absolute atomic E-state index is 12.9. The predicted octanol–water partition coefficient (Wildman–Crippen LogP) is 3.65. The quantitative estimate of drug-likeness (QED) is 0.863. The molecule has 0 aliphatic heterocycles. The standard InChI is InChI=1S/C12H12FIN2O/c1-7-8(2)17-12(16-7)6-15-11-4-3-9(13)5-10(11)14/h3-5,15H,6H2,1-2H3. The lowest BCUT2D eigenvalue weighted by molar-refractivity contribution is 0.478. The number of nitrogens with zero attached hydrogens (tertiary/aromatic N) is 1. The van der Waals surface area contributed by atoms with Crippen LogP contribution in [0.3, 0.4) is 0 Å². The minimum absolute atomic E-state index is 0.234. The van der Waals surface area contributed by atoms with Crippen LogP contribution in [0.5, 0.6) is 0 Å². The molecule has 0 saturated heterocycles. The summed E-state index contributed by atoms with van der Waals surface area (Å²) in [7, 11) is 0. The largest absolute Gasteiger partial charge is 0.444 e. The van der Waals surface area contributed by atoms with Crippen molar-refractivity contribution in [3.8, 4) is 0 Å². The summed E-state index contributed by atoms with van der Waals surface area (Å²) in [5.74, 6) is 1.23. The minimum atomic E-state index is -0.234. The summed E-state index contributed by atoms with van der Waals surface area (Å²) < 4.78 is 19.2. The van der Waals surface area contributed by atoms with Crippen molar-refractivity contribution in [3.63, 3.8) is 0 Å². The van der Waals surface area contributed by atoms with Crippen molar-refractivity contribution in [1.82, 2.24) is 4.98 Å². The Kier molecular flexibility index (Phi) is 3.66. The van der Waals surface area contributed by atoms with Gasteiger partial charge in [-0.25, -0.2) is 9.37 Å². The van der Waals surface area contributed by atoms with E-state index in [0.29, 0.717) is 12.4 Å². The van der Waals surface area contributed by atoms with Crippen molar-refractivity contribution in [2.45, 2.75) is 20.4 Å². The zero-order chi connectivity index (χ0) is 12.4. The average Bonchev–Trinajstić information content (AvgIpc) is 2.57. The van der Waals surface area contributed by atoms with Gasteiger partial charge in [0.2, 0.25) is 5.89 Å². The Hall–Kier alpha value is -1.11. The molecule has 1 heterocycles. The summed E-state index contributed by atoms with van der Waals surface area (Å²) >= 11 is 2.09. The maximum atomic E-state index is 12.9. The molecule has 0 spiro atoms. The van der Waals surface area contributed by atoms with Gasteiger partial charge in [-0.05, 0) is 54.6 Å². The van der Waals surface area contributed by atoms with Crippen molar-refractivity contribution < 1.29 is 8.81 Å². The van der Waals surface area contributed by atoms with E-state index in [2.05, 4.69) is 32.9 Å². The summed E-state index contributed by atoms with van der Waals surface area (Å²) in [4.78, 5) is 4.27. The predicted molar refractivity (Wildman–Crippen MR) is 72.4 cm³/mol. The Morgan fingerprint density at radius 1 is 1.41 bits per heavy atom. The molecule has 5 heteroatoms. The van der Waals surface area contributed by atoms with Gasteiger partial charge in [0.25, 0.3) is 0 Å². The highest BCUT2D eigenvalue weighted by Gasteiger charge is 2.06. The molecule has 1 N–H and O–H groups in total. The molecule has 0 radical (unpaired) electrons. The number of hydrogen-bond donors (Lipinski definition) is 1. The smallest absolute Gasteiger partial charge is 0.213 e. The molecule has 90 valence electrons. The van der Waals surface area contributed by atoms with Crippen molar-refractivity contribution in [1.29, 1.82) is 0 Å². The van der Waals surface area contributed by atoms with Crippen LogP contribution in [0.25, 0.3) is 0 Å². The number of halogens is 2. The third-order valence-electron chi connectivity index (χ3n) is 2.43. The van der Waals surface area contributed by atoms with E-state index in [9.17, 15) is 4.39 Å². The van der Waals surface area contributed by atoms with Crippen LogP contribution < -0.4 is 5.32 Å². The fourth-order valence-electron chi connectivity index (χ4n) is 1.42. The summed E-state index contributed by atoms with van der Waals surface area (Å²) in [6, 6.07) is 4.62. The normalized spacial score (nSPS) is 10.6. The highest BCUT2D eigenvalue weighted by Crippen LogP contribution is 2.20. The summed E-state index contributed by atoms with van der Waals surface area (Å²) in [6.07, 6.45) is 0. The molecule has 0 saturated carbocycles. The molecule has 0 amide bonds. The Morgan fingerprint density at radius 2 is 2.18 bits per heavy atom. The van der Waals surface area contributed by atoms with Crippen molar-refractivity contribution in [3.05, 3.63) is 44.9 Å². The van der Waals surface area contributed by atoms with Crippen LogP contribution in [0.15, 0.2) is 22.6 Å². The SMILES string of the molecule is Cc1nc(CNc2ccc(F)cc2I)oc1C. The molecule has 0 unspecified atom stereocenters. The van der Waals surface area contributed by atoms with Gasteiger partial charge in [-0.15, -0.1) is 0 Å². The van der Waals surface area contributed by atoms with Gasteiger partial charge in [-0.1, -0.05) is 0 Å². The number of oxazole rings is 1. The van der Waals surface area contributed by atoms with Crippen LogP contribution in [-0.4, -0.2) is 4.98 Å². The topological polar surface area (TPSA) is 38.1 Å². The number of benzene rings is 1. The van der Waals surface area contributed by atoms with Gasteiger partial charge >= 0.3 is 0 Å². The van der Waals surface area contributed by atoms with E-state index in [-0.39, 0.29) is 5.82 Å². The lowest BCUT2D eigenvalue weighted by Crippen LogP contribution is -2.01. The van der Waals surface area contributed by atoms with E-state index in [1.807, 2.05) is 13.8 Å². The Balaban J connectivity index is 2.07. The Morgan fingerprint density at radius 3 is 2.76 bits per heavy atom. The molecule has 0 aliphatic rings. The Labute approximate surface area is 113 Å². The van der Waals surface area contributed by atoms with Gasteiger partial charge in [-0.3, -0.25) is 0 Å². The maximum Gasteiger partial charge on any atom is 0.213 e. The number of aryl methyl sites for hydroxylation is 2.